The summed E-state index contributed by atoms with van der Waals surface area (Å²) in [5.41, 5.74) is 0.924. The number of hydrogen-bond acceptors (Lipinski definition) is 3. The van der Waals surface area contributed by atoms with E-state index in [9.17, 15) is 9.59 Å². The Bertz CT molecular complexity index is 745. The molecule has 132 valence electrons. The molecule has 5 heteroatoms. The molecule has 2 aromatic rings. The number of nitrogens with zero attached hydrogens (tertiary/aromatic N) is 1. The van der Waals surface area contributed by atoms with Gasteiger partial charge >= 0.3 is 0 Å². The average Bonchev–Trinajstić information content (AvgIpc) is 3.23. The molecule has 1 unspecified atom stereocenters. The monoisotopic (exact) mass is 356 g/mol. The van der Waals surface area contributed by atoms with Gasteiger partial charge in [-0.05, 0) is 69.3 Å². The molecule has 1 aromatic carbocycles. The maximum absolute atomic E-state index is 12.9. The number of rotatable bonds is 3. The lowest BCUT2D eigenvalue weighted by molar-refractivity contribution is 0.0737. The number of thiophene rings is 1. The molecule has 0 radical (unpaired) electrons. The number of likely N-dealkylation sites (tertiary alicyclic amines) is 1. The molecule has 4 nitrogen and oxygen atoms in total. The normalized spacial score (nSPS) is 17.6. The van der Waals surface area contributed by atoms with Crippen LogP contribution >= 0.6 is 11.3 Å². The number of hydrogen-bond donors (Lipinski definition) is 1. The van der Waals surface area contributed by atoms with Gasteiger partial charge in [0.05, 0.1) is 6.04 Å². The molecule has 0 spiro atoms. The summed E-state index contributed by atoms with van der Waals surface area (Å²) in [6.45, 7) is 6.62. The van der Waals surface area contributed by atoms with Gasteiger partial charge in [0.2, 0.25) is 0 Å². The van der Waals surface area contributed by atoms with Crippen LogP contribution in [0.25, 0.3) is 0 Å². The van der Waals surface area contributed by atoms with Gasteiger partial charge in [0.25, 0.3) is 11.8 Å². The first-order valence-electron chi connectivity index (χ1n) is 8.62. The SMILES string of the molecule is CC(C)(C)NC(=O)c1ccc(C(=O)N2CCCC2c2cccs2)cc1. The molecule has 1 atom stereocenters. The minimum absolute atomic E-state index is 0.0404. The molecule has 2 heterocycles. The second-order valence-electron chi connectivity index (χ2n) is 7.45. The van der Waals surface area contributed by atoms with Crippen LogP contribution in [0.1, 0.15) is 65.2 Å². The smallest absolute Gasteiger partial charge is 0.254 e. The highest BCUT2D eigenvalue weighted by molar-refractivity contribution is 7.10. The van der Waals surface area contributed by atoms with E-state index in [2.05, 4.69) is 16.8 Å². The highest BCUT2D eigenvalue weighted by Crippen LogP contribution is 2.35. The van der Waals surface area contributed by atoms with Crippen molar-refractivity contribution in [3.05, 3.63) is 57.8 Å². The third-order valence-corrected chi connectivity index (χ3v) is 5.24. The predicted molar refractivity (Wildman–Crippen MR) is 101 cm³/mol. The maximum atomic E-state index is 12.9. The summed E-state index contributed by atoms with van der Waals surface area (Å²) in [7, 11) is 0. The zero-order valence-electron chi connectivity index (χ0n) is 14.9. The first kappa shape index (κ1) is 17.7. The van der Waals surface area contributed by atoms with Crippen molar-refractivity contribution in [3.8, 4) is 0 Å². The molecule has 0 saturated carbocycles. The lowest BCUT2D eigenvalue weighted by Crippen LogP contribution is -2.40. The van der Waals surface area contributed by atoms with E-state index in [0.717, 1.165) is 19.4 Å². The molecule has 25 heavy (non-hydrogen) atoms. The van der Waals surface area contributed by atoms with Crippen LogP contribution in [0.5, 0.6) is 0 Å². The second-order valence-corrected chi connectivity index (χ2v) is 8.43. The van der Waals surface area contributed by atoms with Crippen LogP contribution in [-0.4, -0.2) is 28.8 Å². The van der Waals surface area contributed by atoms with Crippen molar-refractivity contribution in [1.82, 2.24) is 10.2 Å². The minimum Gasteiger partial charge on any atom is -0.347 e. The van der Waals surface area contributed by atoms with Crippen LogP contribution in [0.4, 0.5) is 0 Å². The molecule has 1 aliphatic rings. The van der Waals surface area contributed by atoms with E-state index in [1.54, 1.807) is 35.6 Å². The summed E-state index contributed by atoms with van der Waals surface area (Å²) in [5, 5.41) is 4.99. The van der Waals surface area contributed by atoms with Gasteiger partial charge in [-0.3, -0.25) is 9.59 Å². The number of benzene rings is 1. The Kier molecular flexibility index (Phi) is 4.95. The van der Waals surface area contributed by atoms with Gasteiger partial charge in [-0.25, -0.2) is 0 Å². The Morgan fingerprint density at radius 1 is 1.12 bits per heavy atom. The molecule has 0 bridgehead atoms. The number of amides is 2. The minimum atomic E-state index is -0.283. The molecular formula is C20H24N2O2S. The van der Waals surface area contributed by atoms with Crippen LogP contribution in [-0.2, 0) is 0 Å². The third-order valence-electron chi connectivity index (χ3n) is 4.27. The van der Waals surface area contributed by atoms with E-state index >= 15 is 0 Å². The van der Waals surface area contributed by atoms with Crippen LogP contribution < -0.4 is 5.32 Å². The van der Waals surface area contributed by atoms with Crippen molar-refractivity contribution in [2.24, 2.45) is 0 Å². The fourth-order valence-electron chi connectivity index (χ4n) is 3.13. The molecule has 1 aromatic heterocycles. The Morgan fingerprint density at radius 2 is 1.80 bits per heavy atom. The first-order valence-corrected chi connectivity index (χ1v) is 9.50. The lowest BCUT2D eigenvalue weighted by Gasteiger charge is -2.24. The summed E-state index contributed by atoms with van der Waals surface area (Å²) >= 11 is 1.70. The van der Waals surface area contributed by atoms with E-state index in [4.69, 9.17) is 0 Å². The molecule has 3 rings (SSSR count). The van der Waals surface area contributed by atoms with E-state index in [1.165, 1.54) is 4.88 Å². The number of carbonyl (C=O) groups excluding carboxylic acids is 2. The van der Waals surface area contributed by atoms with Gasteiger partial charge in [0.1, 0.15) is 0 Å². The zero-order chi connectivity index (χ0) is 18.0. The van der Waals surface area contributed by atoms with Crippen LogP contribution in [0, 0.1) is 0 Å². The van der Waals surface area contributed by atoms with Crippen molar-refractivity contribution in [3.63, 3.8) is 0 Å². The number of nitrogens with one attached hydrogen (secondary N) is 1. The van der Waals surface area contributed by atoms with E-state index in [0.29, 0.717) is 11.1 Å². The van der Waals surface area contributed by atoms with Crippen molar-refractivity contribution in [1.29, 1.82) is 0 Å². The summed E-state index contributed by atoms with van der Waals surface area (Å²) in [5.74, 6) is -0.0807. The summed E-state index contributed by atoms with van der Waals surface area (Å²) < 4.78 is 0. The van der Waals surface area contributed by atoms with Crippen molar-refractivity contribution >= 4 is 23.2 Å². The molecule has 2 amide bonds. The van der Waals surface area contributed by atoms with Crippen molar-refractivity contribution < 1.29 is 9.59 Å². The Balaban J connectivity index is 1.73. The molecule has 1 fully saturated rings. The highest BCUT2D eigenvalue weighted by atomic mass is 32.1. The van der Waals surface area contributed by atoms with E-state index in [1.807, 2.05) is 31.7 Å². The van der Waals surface area contributed by atoms with Crippen LogP contribution in [0.2, 0.25) is 0 Å². The summed E-state index contributed by atoms with van der Waals surface area (Å²) in [4.78, 5) is 28.3. The van der Waals surface area contributed by atoms with E-state index < -0.39 is 0 Å². The standard InChI is InChI=1S/C20H24N2O2S/c1-20(2,3)21-18(23)14-8-10-15(11-9-14)19(24)22-12-4-6-16(22)17-7-5-13-25-17/h5,7-11,13,16H,4,6,12H2,1-3H3,(H,21,23). The van der Waals surface area contributed by atoms with Gasteiger partial charge in [-0.2, -0.15) is 0 Å². The van der Waals surface area contributed by atoms with Crippen molar-refractivity contribution in [2.75, 3.05) is 6.54 Å². The van der Waals surface area contributed by atoms with Crippen LogP contribution in [0.3, 0.4) is 0 Å². The number of carbonyl (C=O) groups is 2. The molecule has 1 aliphatic heterocycles. The molecule has 0 aliphatic carbocycles. The maximum Gasteiger partial charge on any atom is 0.254 e. The van der Waals surface area contributed by atoms with Gasteiger partial charge in [0.15, 0.2) is 0 Å². The topological polar surface area (TPSA) is 49.4 Å². The predicted octanol–water partition coefficient (Wildman–Crippen LogP) is 4.25. The van der Waals surface area contributed by atoms with Crippen LogP contribution in [0.15, 0.2) is 41.8 Å². The Hall–Kier alpha value is -2.14. The van der Waals surface area contributed by atoms with Gasteiger partial charge in [0, 0.05) is 28.1 Å². The molecular weight excluding hydrogens is 332 g/mol. The lowest BCUT2D eigenvalue weighted by atomic mass is 10.1. The molecule has 1 saturated heterocycles. The Morgan fingerprint density at radius 3 is 2.40 bits per heavy atom. The fraction of sp³-hybridized carbons (Fsp3) is 0.400. The van der Waals surface area contributed by atoms with Gasteiger partial charge in [-0.1, -0.05) is 6.07 Å². The summed E-state index contributed by atoms with van der Waals surface area (Å²) in [6, 6.07) is 11.3. The van der Waals surface area contributed by atoms with Gasteiger partial charge in [-0.15, -0.1) is 11.3 Å². The quantitative estimate of drug-likeness (QED) is 0.893. The first-order chi connectivity index (χ1) is 11.8. The van der Waals surface area contributed by atoms with Gasteiger partial charge < -0.3 is 10.2 Å². The highest BCUT2D eigenvalue weighted by Gasteiger charge is 2.31. The Labute approximate surface area is 152 Å². The zero-order valence-corrected chi connectivity index (χ0v) is 15.7. The fourth-order valence-corrected chi connectivity index (χ4v) is 4.00. The second kappa shape index (κ2) is 7.00. The average molecular weight is 356 g/mol. The largest absolute Gasteiger partial charge is 0.347 e. The molecule has 1 N–H and O–H groups in total. The summed E-state index contributed by atoms with van der Waals surface area (Å²) in [6.07, 6.45) is 2.04. The van der Waals surface area contributed by atoms with E-state index in [-0.39, 0.29) is 23.4 Å². The van der Waals surface area contributed by atoms with Crippen molar-refractivity contribution in [2.45, 2.75) is 45.2 Å². The third kappa shape index (κ3) is 4.10.